The van der Waals surface area contributed by atoms with Crippen molar-refractivity contribution in [1.29, 1.82) is 0 Å². The Morgan fingerprint density at radius 3 is 3.00 bits per heavy atom. The molecule has 1 aromatic carbocycles. The van der Waals surface area contributed by atoms with Gasteiger partial charge in [0, 0.05) is 12.0 Å². The summed E-state index contributed by atoms with van der Waals surface area (Å²) < 4.78 is 7.43. The second kappa shape index (κ2) is 4.14. The number of hydrogen-bond donors (Lipinski definition) is 1. The van der Waals surface area contributed by atoms with Crippen LogP contribution >= 0.6 is 0 Å². The lowest BCUT2D eigenvalue weighted by molar-refractivity contribution is 0.110. The Morgan fingerprint density at radius 2 is 2.17 bits per heavy atom. The Bertz CT molecular complexity index is 601. The molecule has 0 amide bonds. The Kier molecular flexibility index (Phi) is 2.59. The SMILES string of the molecule is Cc1ccc(C)c(-n2nc(N)c3c2CCOC3)c1. The van der Waals surface area contributed by atoms with E-state index in [-0.39, 0.29) is 0 Å². The summed E-state index contributed by atoms with van der Waals surface area (Å²) in [6, 6.07) is 6.38. The maximum absolute atomic E-state index is 5.98. The molecule has 1 aliphatic rings. The van der Waals surface area contributed by atoms with Gasteiger partial charge in [0.25, 0.3) is 0 Å². The molecule has 2 aromatic rings. The number of aromatic nitrogens is 2. The first-order chi connectivity index (χ1) is 8.66. The lowest BCUT2D eigenvalue weighted by Gasteiger charge is -2.16. The largest absolute Gasteiger partial charge is 0.382 e. The van der Waals surface area contributed by atoms with Crippen molar-refractivity contribution in [3.05, 3.63) is 40.6 Å². The second-order valence-electron chi connectivity index (χ2n) is 4.81. The van der Waals surface area contributed by atoms with Crippen LogP contribution in [-0.4, -0.2) is 16.4 Å². The number of fused-ring (bicyclic) bond motifs is 1. The van der Waals surface area contributed by atoms with Crippen LogP contribution in [0.3, 0.4) is 0 Å². The summed E-state index contributed by atoms with van der Waals surface area (Å²) in [5.74, 6) is 0.589. The zero-order valence-electron chi connectivity index (χ0n) is 10.7. The van der Waals surface area contributed by atoms with Gasteiger partial charge in [-0.1, -0.05) is 12.1 Å². The lowest BCUT2D eigenvalue weighted by Crippen LogP contribution is -2.13. The summed E-state index contributed by atoms with van der Waals surface area (Å²) in [7, 11) is 0. The van der Waals surface area contributed by atoms with Crippen LogP contribution in [0.4, 0.5) is 5.82 Å². The highest BCUT2D eigenvalue weighted by Crippen LogP contribution is 2.26. The van der Waals surface area contributed by atoms with Gasteiger partial charge in [0.2, 0.25) is 0 Å². The standard InChI is InChI=1S/C14H17N3O/c1-9-3-4-10(2)13(7-9)17-12-5-6-18-8-11(12)14(15)16-17/h3-4,7H,5-6,8H2,1-2H3,(H2,15,16). The lowest BCUT2D eigenvalue weighted by atomic mass is 10.1. The first kappa shape index (κ1) is 11.3. The van der Waals surface area contributed by atoms with E-state index in [1.54, 1.807) is 0 Å². The van der Waals surface area contributed by atoms with Gasteiger partial charge in [0.15, 0.2) is 5.82 Å². The molecule has 0 unspecified atom stereocenters. The molecule has 0 aliphatic carbocycles. The van der Waals surface area contributed by atoms with Gasteiger partial charge in [-0.2, -0.15) is 5.10 Å². The molecule has 2 heterocycles. The predicted molar refractivity (Wildman–Crippen MR) is 70.8 cm³/mol. The molecular formula is C14H17N3O. The average molecular weight is 243 g/mol. The Balaban J connectivity index is 2.20. The molecule has 4 nitrogen and oxygen atoms in total. The van der Waals surface area contributed by atoms with E-state index < -0.39 is 0 Å². The van der Waals surface area contributed by atoms with Gasteiger partial charge in [-0.15, -0.1) is 0 Å². The fourth-order valence-corrected chi connectivity index (χ4v) is 2.41. The predicted octanol–water partition coefficient (Wildman–Crippen LogP) is 2.14. The molecule has 0 saturated heterocycles. The quantitative estimate of drug-likeness (QED) is 0.835. The zero-order chi connectivity index (χ0) is 12.7. The van der Waals surface area contributed by atoms with Crippen molar-refractivity contribution in [1.82, 2.24) is 9.78 Å². The average Bonchev–Trinajstić information content (AvgIpc) is 2.71. The molecule has 1 aromatic heterocycles. The van der Waals surface area contributed by atoms with Gasteiger partial charge < -0.3 is 10.5 Å². The fourth-order valence-electron chi connectivity index (χ4n) is 2.41. The van der Waals surface area contributed by atoms with Crippen LogP contribution < -0.4 is 5.73 Å². The smallest absolute Gasteiger partial charge is 0.151 e. The minimum Gasteiger partial charge on any atom is -0.382 e. The second-order valence-corrected chi connectivity index (χ2v) is 4.81. The van der Waals surface area contributed by atoms with E-state index >= 15 is 0 Å². The van der Waals surface area contributed by atoms with Crippen molar-refractivity contribution < 1.29 is 4.74 Å². The van der Waals surface area contributed by atoms with Crippen LogP contribution in [0, 0.1) is 13.8 Å². The molecule has 2 N–H and O–H groups in total. The molecule has 94 valence electrons. The van der Waals surface area contributed by atoms with E-state index in [0.29, 0.717) is 12.4 Å². The third-order valence-electron chi connectivity index (χ3n) is 3.44. The number of ether oxygens (including phenoxy) is 1. The Labute approximate surface area is 106 Å². The maximum Gasteiger partial charge on any atom is 0.151 e. The molecule has 0 radical (unpaired) electrons. The Morgan fingerprint density at radius 1 is 1.33 bits per heavy atom. The molecule has 1 aliphatic heterocycles. The summed E-state index contributed by atoms with van der Waals surface area (Å²) in [6.07, 6.45) is 0.868. The van der Waals surface area contributed by atoms with Crippen LogP contribution in [0.2, 0.25) is 0 Å². The van der Waals surface area contributed by atoms with Crippen LogP contribution in [0.1, 0.15) is 22.4 Å². The van der Waals surface area contributed by atoms with Gasteiger partial charge in [0.05, 0.1) is 24.6 Å². The van der Waals surface area contributed by atoms with E-state index in [1.165, 1.54) is 16.8 Å². The number of hydrogen-bond acceptors (Lipinski definition) is 3. The summed E-state index contributed by atoms with van der Waals surface area (Å²) >= 11 is 0. The molecule has 0 fully saturated rings. The number of aryl methyl sites for hydroxylation is 2. The monoisotopic (exact) mass is 243 g/mol. The van der Waals surface area contributed by atoms with Crippen molar-refractivity contribution >= 4 is 5.82 Å². The zero-order valence-corrected chi connectivity index (χ0v) is 10.7. The highest BCUT2D eigenvalue weighted by atomic mass is 16.5. The first-order valence-corrected chi connectivity index (χ1v) is 6.18. The minimum atomic E-state index is 0.575. The molecule has 0 atom stereocenters. The molecule has 0 saturated carbocycles. The first-order valence-electron chi connectivity index (χ1n) is 6.18. The van der Waals surface area contributed by atoms with Gasteiger partial charge in [0.1, 0.15) is 0 Å². The van der Waals surface area contributed by atoms with E-state index in [1.807, 2.05) is 4.68 Å². The topological polar surface area (TPSA) is 53.1 Å². The molecule has 0 spiro atoms. The van der Waals surface area contributed by atoms with E-state index in [4.69, 9.17) is 10.5 Å². The number of anilines is 1. The van der Waals surface area contributed by atoms with Crippen molar-refractivity contribution in [2.24, 2.45) is 0 Å². The molecule has 0 bridgehead atoms. The number of benzene rings is 1. The molecule has 18 heavy (non-hydrogen) atoms. The van der Waals surface area contributed by atoms with Crippen molar-refractivity contribution in [2.75, 3.05) is 12.3 Å². The highest BCUT2D eigenvalue weighted by Gasteiger charge is 2.21. The third kappa shape index (κ3) is 1.69. The van der Waals surface area contributed by atoms with Crippen LogP contribution in [0.5, 0.6) is 0 Å². The summed E-state index contributed by atoms with van der Waals surface area (Å²) in [5, 5.41) is 4.48. The fraction of sp³-hybridized carbons (Fsp3) is 0.357. The van der Waals surface area contributed by atoms with Gasteiger partial charge in [-0.05, 0) is 31.0 Å². The third-order valence-corrected chi connectivity index (χ3v) is 3.44. The summed E-state index contributed by atoms with van der Waals surface area (Å²) in [4.78, 5) is 0. The summed E-state index contributed by atoms with van der Waals surface area (Å²) in [5.41, 5.74) is 11.8. The molecule has 4 heteroatoms. The number of rotatable bonds is 1. The van der Waals surface area contributed by atoms with Crippen molar-refractivity contribution in [2.45, 2.75) is 26.9 Å². The van der Waals surface area contributed by atoms with E-state index in [0.717, 1.165) is 24.3 Å². The van der Waals surface area contributed by atoms with E-state index in [9.17, 15) is 0 Å². The highest BCUT2D eigenvalue weighted by molar-refractivity contribution is 5.50. The van der Waals surface area contributed by atoms with Gasteiger partial charge >= 0.3 is 0 Å². The number of nitrogen functional groups attached to an aromatic ring is 1. The molecule has 3 rings (SSSR count). The molecular weight excluding hydrogens is 226 g/mol. The van der Waals surface area contributed by atoms with E-state index in [2.05, 4.69) is 37.1 Å². The summed E-state index contributed by atoms with van der Waals surface area (Å²) in [6.45, 7) is 5.50. The van der Waals surface area contributed by atoms with Gasteiger partial charge in [-0.25, -0.2) is 4.68 Å². The normalized spacial score (nSPS) is 14.6. The maximum atomic E-state index is 5.98. The van der Waals surface area contributed by atoms with Crippen molar-refractivity contribution in [3.63, 3.8) is 0 Å². The Hall–Kier alpha value is -1.81. The van der Waals surface area contributed by atoms with Crippen LogP contribution in [-0.2, 0) is 17.8 Å². The minimum absolute atomic E-state index is 0.575. The van der Waals surface area contributed by atoms with Crippen LogP contribution in [0.15, 0.2) is 18.2 Å². The van der Waals surface area contributed by atoms with Gasteiger partial charge in [-0.3, -0.25) is 0 Å². The number of nitrogens with two attached hydrogens (primary N) is 1. The number of nitrogens with zero attached hydrogens (tertiary/aromatic N) is 2. The van der Waals surface area contributed by atoms with Crippen molar-refractivity contribution in [3.8, 4) is 5.69 Å². The van der Waals surface area contributed by atoms with Crippen LogP contribution in [0.25, 0.3) is 5.69 Å².